The van der Waals surface area contributed by atoms with E-state index in [2.05, 4.69) is 27.6 Å². The van der Waals surface area contributed by atoms with E-state index in [1.165, 1.54) is 12.1 Å². The topological polar surface area (TPSA) is 54.2 Å². The lowest BCUT2D eigenvalue weighted by Crippen LogP contribution is -2.46. The molecule has 0 radical (unpaired) electrons. The predicted octanol–water partition coefficient (Wildman–Crippen LogP) is 6.46. The zero-order valence-electron chi connectivity index (χ0n) is 18.5. The van der Waals surface area contributed by atoms with Gasteiger partial charge in [0.05, 0.1) is 11.6 Å². The van der Waals surface area contributed by atoms with Crippen LogP contribution in [0.2, 0.25) is 0 Å². The number of aromatic nitrogens is 2. The van der Waals surface area contributed by atoms with Crippen molar-refractivity contribution in [1.29, 1.82) is 0 Å². The summed E-state index contributed by atoms with van der Waals surface area (Å²) >= 11 is 7.48. The Balaban J connectivity index is 1.65. The molecule has 1 N–H and O–H groups in total. The molecule has 0 aliphatic carbocycles. The average Bonchev–Trinajstić information content (AvgIpc) is 3.34. The molecule has 0 bridgehead atoms. The van der Waals surface area contributed by atoms with Gasteiger partial charge in [-0.25, -0.2) is 4.39 Å². The van der Waals surface area contributed by atoms with Gasteiger partial charge in [0, 0.05) is 21.8 Å². The maximum Gasteiger partial charge on any atom is 0.258 e. The molecule has 5 rings (SSSR count). The Morgan fingerprint density at radius 1 is 1.03 bits per heavy atom. The van der Waals surface area contributed by atoms with E-state index in [9.17, 15) is 4.39 Å². The van der Waals surface area contributed by atoms with E-state index in [1.54, 1.807) is 23.9 Å². The molecule has 1 aromatic heterocycles. The monoisotopic (exact) mass is 488 g/mol. The maximum atomic E-state index is 13.4. The van der Waals surface area contributed by atoms with E-state index in [4.69, 9.17) is 16.7 Å². The Bertz CT molecular complexity index is 1370. The quantitative estimate of drug-likeness (QED) is 0.255. The number of thiocarbonyl (C=S) groups is 1. The van der Waals surface area contributed by atoms with Crippen molar-refractivity contribution in [2.45, 2.75) is 17.9 Å². The highest BCUT2D eigenvalue weighted by molar-refractivity contribution is 7.98. The number of rotatable bonds is 5. The summed E-state index contributed by atoms with van der Waals surface area (Å²) in [5, 5.41) is 8.23. The number of thioether (sulfide) groups is 1. The normalized spacial score (nSPS) is 16.0. The molecule has 8 heteroatoms. The van der Waals surface area contributed by atoms with Crippen LogP contribution in [0.3, 0.4) is 0 Å². The molecule has 0 spiro atoms. The number of nitrogens with one attached hydrogen (secondary N) is 1. The van der Waals surface area contributed by atoms with Crippen molar-refractivity contribution in [3.63, 3.8) is 0 Å². The van der Waals surface area contributed by atoms with Crippen molar-refractivity contribution in [3.05, 3.63) is 102 Å². The fourth-order valence-corrected chi connectivity index (χ4v) is 4.84. The van der Waals surface area contributed by atoms with Crippen LogP contribution in [0.1, 0.15) is 24.4 Å². The molecule has 0 saturated carbocycles. The second kappa shape index (κ2) is 9.40. The fourth-order valence-electron chi connectivity index (χ4n) is 4.03. The van der Waals surface area contributed by atoms with Gasteiger partial charge in [-0.1, -0.05) is 41.6 Å². The van der Waals surface area contributed by atoms with Crippen molar-refractivity contribution < 1.29 is 8.91 Å². The van der Waals surface area contributed by atoms with Gasteiger partial charge in [-0.3, -0.25) is 4.90 Å². The SMILES string of the molecule is CSc1cccc(N2C(=S)NC(c3ccccc3)C(c3nc(-c4ccc(F)cc4)no3)=C2C)c1. The third kappa shape index (κ3) is 4.22. The van der Waals surface area contributed by atoms with Crippen LogP contribution < -0.4 is 10.2 Å². The van der Waals surface area contributed by atoms with Gasteiger partial charge in [-0.2, -0.15) is 4.98 Å². The van der Waals surface area contributed by atoms with Crippen molar-refractivity contribution in [1.82, 2.24) is 15.5 Å². The van der Waals surface area contributed by atoms with Crippen LogP contribution in [0.4, 0.5) is 10.1 Å². The fraction of sp³-hybridized carbons (Fsp3) is 0.115. The van der Waals surface area contributed by atoms with Crippen molar-refractivity contribution in [3.8, 4) is 11.4 Å². The summed E-state index contributed by atoms with van der Waals surface area (Å²) in [7, 11) is 0. The molecular weight excluding hydrogens is 467 g/mol. The lowest BCUT2D eigenvalue weighted by Gasteiger charge is -2.37. The first-order chi connectivity index (χ1) is 16.5. The second-order valence-corrected chi connectivity index (χ2v) is 9.03. The minimum absolute atomic E-state index is 0.268. The van der Waals surface area contributed by atoms with Gasteiger partial charge >= 0.3 is 0 Å². The predicted molar refractivity (Wildman–Crippen MR) is 138 cm³/mol. The first-order valence-electron chi connectivity index (χ1n) is 10.7. The molecule has 0 amide bonds. The summed E-state index contributed by atoms with van der Waals surface area (Å²) in [5.74, 6) is 0.459. The number of hydrogen-bond donors (Lipinski definition) is 1. The number of nitrogens with zero attached hydrogens (tertiary/aromatic N) is 3. The van der Waals surface area contributed by atoms with Gasteiger partial charge < -0.3 is 9.84 Å². The highest BCUT2D eigenvalue weighted by atomic mass is 32.2. The van der Waals surface area contributed by atoms with E-state index >= 15 is 0 Å². The van der Waals surface area contributed by atoms with E-state index in [1.807, 2.05) is 60.5 Å². The van der Waals surface area contributed by atoms with Crippen LogP contribution in [0, 0.1) is 5.82 Å². The smallest absolute Gasteiger partial charge is 0.258 e. The number of halogens is 1. The van der Waals surface area contributed by atoms with Gasteiger partial charge in [-0.05, 0) is 73.4 Å². The number of hydrogen-bond acceptors (Lipinski definition) is 5. The summed E-state index contributed by atoms with van der Waals surface area (Å²) in [4.78, 5) is 7.80. The summed E-state index contributed by atoms with van der Waals surface area (Å²) in [6.45, 7) is 2.01. The number of benzene rings is 3. The lowest BCUT2D eigenvalue weighted by molar-refractivity contribution is 0.404. The molecule has 5 nitrogen and oxygen atoms in total. The van der Waals surface area contributed by atoms with E-state index < -0.39 is 0 Å². The molecule has 0 fully saturated rings. The zero-order valence-corrected chi connectivity index (χ0v) is 20.2. The Morgan fingerprint density at radius 2 is 1.79 bits per heavy atom. The molecule has 1 aliphatic heterocycles. The van der Waals surface area contributed by atoms with Crippen LogP contribution in [0.25, 0.3) is 17.0 Å². The second-order valence-electron chi connectivity index (χ2n) is 7.76. The molecule has 170 valence electrons. The molecule has 1 atom stereocenters. The molecule has 4 aromatic rings. The van der Waals surface area contributed by atoms with Crippen molar-refractivity contribution >= 4 is 40.4 Å². The van der Waals surface area contributed by atoms with Gasteiger partial charge in [0.2, 0.25) is 5.82 Å². The molecule has 3 aromatic carbocycles. The third-order valence-corrected chi connectivity index (χ3v) is 6.71. The highest BCUT2D eigenvalue weighted by Crippen LogP contribution is 2.39. The Morgan fingerprint density at radius 3 is 2.53 bits per heavy atom. The van der Waals surface area contributed by atoms with Crippen LogP contribution in [-0.4, -0.2) is 21.5 Å². The van der Waals surface area contributed by atoms with E-state index in [0.717, 1.165) is 27.4 Å². The maximum absolute atomic E-state index is 13.4. The highest BCUT2D eigenvalue weighted by Gasteiger charge is 2.34. The number of allylic oxidation sites excluding steroid dienone is 1. The first-order valence-corrected chi connectivity index (χ1v) is 12.3. The van der Waals surface area contributed by atoms with Crippen LogP contribution in [-0.2, 0) is 0 Å². The molecule has 2 heterocycles. The Labute approximate surface area is 206 Å². The molecular formula is C26H21FN4OS2. The number of anilines is 1. The van der Waals surface area contributed by atoms with Gasteiger partial charge in [0.15, 0.2) is 5.11 Å². The van der Waals surface area contributed by atoms with Gasteiger partial charge in [-0.15, -0.1) is 11.8 Å². The summed E-state index contributed by atoms with van der Waals surface area (Å²) in [5.41, 5.74) is 4.37. The average molecular weight is 489 g/mol. The molecule has 34 heavy (non-hydrogen) atoms. The van der Waals surface area contributed by atoms with Gasteiger partial charge in [0.1, 0.15) is 5.82 Å². The largest absolute Gasteiger partial charge is 0.351 e. The molecule has 1 aliphatic rings. The lowest BCUT2D eigenvalue weighted by atomic mass is 9.94. The zero-order chi connectivity index (χ0) is 23.7. The van der Waals surface area contributed by atoms with Crippen LogP contribution in [0.5, 0.6) is 0 Å². The summed E-state index contributed by atoms with van der Waals surface area (Å²) < 4.78 is 19.1. The van der Waals surface area contributed by atoms with E-state index in [0.29, 0.717) is 22.4 Å². The summed E-state index contributed by atoms with van der Waals surface area (Å²) in [6.07, 6.45) is 2.04. The Hall–Kier alpha value is -3.49. The first kappa shape index (κ1) is 22.3. The minimum atomic E-state index is -0.316. The summed E-state index contributed by atoms with van der Waals surface area (Å²) in [6, 6.07) is 24.0. The van der Waals surface area contributed by atoms with Crippen molar-refractivity contribution in [2.75, 3.05) is 11.2 Å². The molecule has 1 unspecified atom stereocenters. The van der Waals surface area contributed by atoms with E-state index in [-0.39, 0.29) is 11.9 Å². The van der Waals surface area contributed by atoms with Crippen LogP contribution in [0.15, 0.2) is 94.0 Å². The minimum Gasteiger partial charge on any atom is -0.351 e. The van der Waals surface area contributed by atoms with Crippen molar-refractivity contribution in [2.24, 2.45) is 0 Å². The van der Waals surface area contributed by atoms with Crippen LogP contribution >= 0.6 is 24.0 Å². The van der Waals surface area contributed by atoms with Gasteiger partial charge in [0.25, 0.3) is 5.89 Å². The third-order valence-electron chi connectivity index (χ3n) is 5.69. The standard InChI is InChI=1S/C26H21FN4OS2/c1-16-22(25-29-24(30-32-25)18-11-13-19(27)14-12-18)23(17-7-4-3-5-8-17)28-26(33)31(16)20-9-6-10-21(15-20)34-2/h3-15,23H,1-2H3,(H,28,33). The molecule has 0 saturated heterocycles. The Kier molecular flexibility index (Phi) is 6.17.